The van der Waals surface area contributed by atoms with E-state index in [-0.39, 0.29) is 41.0 Å². The van der Waals surface area contributed by atoms with Crippen LogP contribution in [-0.2, 0) is 0 Å². The van der Waals surface area contributed by atoms with E-state index in [1.807, 2.05) is 0 Å². The third-order valence-corrected chi connectivity index (χ3v) is 11.0. The Morgan fingerprint density at radius 1 is 1.12 bits per heavy atom. The molecule has 0 amide bonds. The molecule has 4 nitrogen and oxygen atoms in total. The van der Waals surface area contributed by atoms with Crippen LogP contribution in [0.25, 0.3) is 0 Å². The van der Waals surface area contributed by atoms with Crippen LogP contribution >= 0.6 is 0 Å². The van der Waals surface area contributed by atoms with E-state index in [9.17, 15) is 15.3 Å². The zero-order valence-electron chi connectivity index (χ0n) is 16.4. The van der Waals surface area contributed by atoms with Gasteiger partial charge in [0.15, 0.2) is 0 Å². The molecule has 146 valence electrons. The number of piperidine rings is 1. The lowest BCUT2D eigenvalue weighted by Gasteiger charge is -2.65. The van der Waals surface area contributed by atoms with Crippen molar-refractivity contribution in [3.8, 4) is 0 Å². The fourth-order valence-corrected chi connectivity index (χ4v) is 10.4. The standard InChI is InChI=1S/C22H35NO3/c1-4-23-10-20(3)6-5-17(25)22-15(20)7-13(18(22)23)21-9-12(11(2)19(21)26)14(24)8-16(21)22/h11-19,24-26H,4-10H2,1-3H3/t11?,12-,13+,14+,15-,16-,17+,18?,19-,20+,21+,22+/m1/s1. The molecule has 1 heterocycles. The van der Waals surface area contributed by atoms with Gasteiger partial charge in [0, 0.05) is 23.4 Å². The van der Waals surface area contributed by atoms with Crippen molar-refractivity contribution in [3.63, 3.8) is 0 Å². The molecule has 1 aliphatic heterocycles. The van der Waals surface area contributed by atoms with E-state index in [1.165, 1.54) is 6.42 Å². The highest BCUT2D eigenvalue weighted by molar-refractivity contribution is 5.34. The zero-order valence-corrected chi connectivity index (χ0v) is 16.4. The highest BCUT2D eigenvalue weighted by Crippen LogP contribution is 2.83. The van der Waals surface area contributed by atoms with Crippen molar-refractivity contribution in [2.45, 2.75) is 77.2 Å². The van der Waals surface area contributed by atoms with Crippen LogP contribution in [0.5, 0.6) is 0 Å². The highest BCUT2D eigenvalue weighted by Gasteiger charge is 2.85. The Labute approximate surface area is 157 Å². The van der Waals surface area contributed by atoms with Gasteiger partial charge in [0.1, 0.15) is 0 Å². The molecule has 1 saturated heterocycles. The van der Waals surface area contributed by atoms with Gasteiger partial charge >= 0.3 is 0 Å². The molecule has 7 bridgehead atoms. The van der Waals surface area contributed by atoms with Gasteiger partial charge in [0.05, 0.1) is 18.3 Å². The number of likely N-dealkylation sites (tertiary alicyclic amines) is 1. The van der Waals surface area contributed by atoms with Gasteiger partial charge in [-0.15, -0.1) is 0 Å². The minimum Gasteiger partial charge on any atom is -0.393 e. The molecule has 0 aromatic rings. The maximum atomic E-state index is 11.5. The third kappa shape index (κ3) is 1.41. The topological polar surface area (TPSA) is 63.9 Å². The Hall–Kier alpha value is -0.160. The van der Waals surface area contributed by atoms with Gasteiger partial charge in [-0.3, -0.25) is 4.90 Å². The molecule has 4 heteroatoms. The average Bonchev–Trinajstić information content (AvgIpc) is 3.14. The molecule has 0 aromatic heterocycles. The van der Waals surface area contributed by atoms with Crippen LogP contribution < -0.4 is 0 Å². The van der Waals surface area contributed by atoms with Gasteiger partial charge in [0.25, 0.3) is 0 Å². The molecule has 5 saturated carbocycles. The molecule has 26 heavy (non-hydrogen) atoms. The Kier molecular flexibility index (Phi) is 3.03. The number of rotatable bonds is 1. The smallest absolute Gasteiger partial charge is 0.0631 e. The van der Waals surface area contributed by atoms with Gasteiger partial charge < -0.3 is 15.3 Å². The lowest BCUT2D eigenvalue weighted by molar-refractivity contribution is -0.218. The lowest BCUT2D eigenvalue weighted by Crippen LogP contribution is -2.68. The number of nitrogens with zero attached hydrogens (tertiary/aromatic N) is 1. The van der Waals surface area contributed by atoms with Crippen molar-refractivity contribution >= 4 is 0 Å². The molecule has 3 N–H and O–H groups in total. The zero-order chi connectivity index (χ0) is 18.2. The number of aliphatic hydroxyl groups excluding tert-OH is 3. The summed E-state index contributed by atoms with van der Waals surface area (Å²) in [7, 11) is 0. The number of hydrogen-bond donors (Lipinski definition) is 3. The quantitative estimate of drug-likeness (QED) is 0.667. The minimum atomic E-state index is -0.306. The van der Waals surface area contributed by atoms with Crippen LogP contribution in [0.2, 0.25) is 0 Å². The first-order chi connectivity index (χ1) is 12.3. The Balaban J connectivity index is 1.59. The summed E-state index contributed by atoms with van der Waals surface area (Å²) in [6, 6.07) is 0.414. The van der Waals surface area contributed by atoms with E-state index in [0.717, 1.165) is 38.8 Å². The highest BCUT2D eigenvalue weighted by atomic mass is 16.3. The fraction of sp³-hybridized carbons (Fsp3) is 1.00. The first-order valence-electron chi connectivity index (χ1n) is 11.1. The maximum Gasteiger partial charge on any atom is 0.0631 e. The molecule has 0 aromatic carbocycles. The monoisotopic (exact) mass is 361 g/mol. The van der Waals surface area contributed by atoms with Gasteiger partial charge in [-0.1, -0.05) is 20.8 Å². The summed E-state index contributed by atoms with van der Waals surface area (Å²) in [4.78, 5) is 2.68. The number of hydrogen-bond acceptors (Lipinski definition) is 4. The summed E-state index contributed by atoms with van der Waals surface area (Å²) in [6.07, 6.45) is 4.15. The molecular formula is C22H35NO3. The second-order valence-corrected chi connectivity index (χ2v) is 11.3. The van der Waals surface area contributed by atoms with Gasteiger partial charge in [-0.05, 0) is 73.7 Å². The molecule has 2 unspecified atom stereocenters. The molecule has 6 rings (SSSR count). The van der Waals surface area contributed by atoms with Crippen LogP contribution in [0.1, 0.15) is 52.9 Å². The average molecular weight is 362 g/mol. The summed E-state index contributed by atoms with van der Waals surface area (Å²) in [5.74, 6) is 1.80. The second-order valence-electron chi connectivity index (χ2n) is 11.3. The summed E-state index contributed by atoms with van der Waals surface area (Å²) in [5.41, 5.74) is 0.142. The predicted molar refractivity (Wildman–Crippen MR) is 98.2 cm³/mol. The first-order valence-corrected chi connectivity index (χ1v) is 11.1. The molecule has 5 aliphatic carbocycles. The number of aliphatic hydroxyl groups is 3. The first kappa shape index (κ1) is 16.8. The van der Waals surface area contributed by atoms with E-state index >= 15 is 0 Å². The third-order valence-electron chi connectivity index (χ3n) is 11.0. The van der Waals surface area contributed by atoms with Gasteiger partial charge in [-0.2, -0.15) is 0 Å². The van der Waals surface area contributed by atoms with Crippen LogP contribution in [0.15, 0.2) is 0 Å². The van der Waals surface area contributed by atoms with E-state index in [2.05, 4.69) is 25.7 Å². The normalized spacial score (nSPS) is 68.3. The summed E-state index contributed by atoms with van der Waals surface area (Å²) in [5, 5.41) is 34.0. The molecule has 6 aliphatic rings. The van der Waals surface area contributed by atoms with Crippen LogP contribution in [-0.4, -0.2) is 57.7 Å². The largest absolute Gasteiger partial charge is 0.393 e. The van der Waals surface area contributed by atoms with E-state index in [4.69, 9.17) is 0 Å². The Morgan fingerprint density at radius 3 is 2.62 bits per heavy atom. The SMILES string of the molecule is CCN1C[C@]2(C)CC[C@H](O)[C@]34C1[C@H](C[C@H]23)[C@]12C[C@H](C(C)[C@H]1O)[C@@H](O)C[C@H]24. The Bertz CT molecular complexity index is 655. The Morgan fingerprint density at radius 2 is 1.88 bits per heavy atom. The minimum absolute atomic E-state index is 0.0541. The summed E-state index contributed by atoms with van der Waals surface area (Å²) < 4.78 is 0. The molecule has 2 spiro atoms. The van der Waals surface area contributed by atoms with Gasteiger partial charge in [0.2, 0.25) is 0 Å². The molecule has 12 atom stereocenters. The van der Waals surface area contributed by atoms with Crippen LogP contribution in [0.3, 0.4) is 0 Å². The van der Waals surface area contributed by atoms with E-state index in [1.54, 1.807) is 0 Å². The second kappa shape index (κ2) is 4.69. The van der Waals surface area contributed by atoms with Crippen molar-refractivity contribution in [3.05, 3.63) is 0 Å². The summed E-state index contributed by atoms with van der Waals surface area (Å²) in [6.45, 7) is 9.09. The predicted octanol–water partition coefficient (Wildman–Crippen LogP) is 1.87. The van der Waals surface area contributed by atoms with Crippen molar-refractivity contribution in [1.82, 2.24) is 4.90 Å². The van der Waals surface area contributed by atoms with Crippen molar-refractivity contribution < 1.29 is 15.3 Å². The van der Waals surface area contributed by atoms with E-state index in [0.29, 0.717) is 29.2 Å². The maximum absolute atomic E-state index is 11.5. The van der Waals surface area contributed by atoms with Crippen molar-refractivity contribution in [2.75, 3.05) is 13.1 Å². The van der Waals surface area contributed by atoms with Crippen molar-refractivity contribution in [2.24, 2.45) is 45.8 Å². The lowest BCUT2D eigenvalue weighted by atomic mass is 9.43. The fourth-order valence-electron chi connectivity index (χ4n) is 10.4. The van der Waals surface area contributed by atoms with Crippen molar-refractivity contribution in [1.29, 1.82) is 0 Å². The summed E-state index contributed by atoms with van der Waals surface area (Å²) >= 11 is 0. The number of fused-ring (bicyclic) bond motifs is 1. The van der Waals surface area contributed by atoms with Crippen LogP contribution in [0, 0.1) is 45.8 Å². The molecule has 6 fully saturated rings. The molecule has 0 radical (unpaired) electrons. The van der Waals surface area contributed by atoms with Crippen LogP contribution in [0.4, 0.5) is 0 Å². The molecular weight excluding hydrogens is 326 g/mol. The van der Waals surface area contributed by atoms with Gasteiger partial charge in [-0.25, -0.2) is 0 Å². The van der Waals surface area contributed by atoms with E-state index < -0.39 is 0 Å².